The summed E-state index contributed by atoms with van der Waals surface area (Å²) in [5.74, 6) is 0.646. The molecule has 0 aromatic rings. The Morgan fingerprint density at radius 3 is 3.00 bits per heavy atom. The van der Waals surface area contributed by atoms with E-state index < -0.39 is 0 Å². The van der Waals surface area contributed by atoms with Gasteiger partial charge in [-0.3, -0.25) is 0 Å². The Bertz CT molecular complexity index is 179. The van der Waals surface area contributed by atoms with Crippen molar-refractivity contribution in [1.29, 1.82) is 0 Å². The third kappa shape index (κ3) is 2.40. The Labute approximate surface area is 78.0 Å². The maximum atomic E-state index is 5.86. The lowest BCUT2D eigenvalue weighted by atomic mass is 10.00. The minimum Gasteiger partial charge on any atom is -0.391 e. The number of nitrogens with two attached hydrogens (primary N) is 2. The Hall–Kier alpha value is -0.190. The highest BCUT2D eigenvalue weighted by Crippen LogP contribution is 2.29. The molecule has 0 amide bonds. The summed E-state index contributed by atoms with van der Waals surface area (Å²) in [5, 5.41) is 3.21. The Morgan fingerprint density at radius 2 is 2.42 bits per heavy atom. The largest absolute Gasteiger partial charge is 0.391 e. The van der Waals surface area contributed by atoms with E-state index in [9.17, 15) is 0 Å². The lowest BCUT2D eigenvalue weighted by molar-refractivity contribution is 0.567. The van der Waals surface area contributed by atoms with Crippen molar-refractivity contribution >= 4 is 11.8 Å². The molecule has 3 nitrogen and oxygen atoms in total. The monoisotopic (exact) mass is 187 g/mol. The van der Waals surface area contributed by atoms with Crippen LogP contribution in [0.1, 0.15) is 19.3 Å². The first-order chi connectivity index (χ1) is 5.77. The summed E-state index contributed by atoms with van der Waals surface area (Å²) < 4.78 is 0. The van der Waals surface area contributed by atoms with Gasteiger partial charge in [-0.15, -0.1) is 11.8 Å². The van der Waals surface area contributed by atoms with Gasteiger partial charge in [-0.25, -0.2) is 0 Å². The van der Waals surface area contributed by atoms with Crippen LogP contribution in [-0.4, -0.2) is 19.0 Å². The van der Waals surface area contributed by atoms with Crippen molar-refractivity contribution in [2.75, 3.05) is 12.9 Å². The second kappa shape index (κ2) is 4.74. The van der Waals surface area contributed by atoms with Crippen LogP contribution in [0.25, 0.3) is 0 Å². The van der Waals surface area contributed by atoms with Gasteiger partial charge < -0.3 is 16.8 Å². The molecule has 0 aliphatic heterocycles. The Kier molecular flexibility index (Phi) is 3.91. The summed E-state index contributed by atoms with van der Waals surface area (Å²) in [6.45, 7) is 0. The van der Waals surface area contributed by atoms with Crippen molar-refractivity contribution in [3.63, 3.8) is 0 Å². The fraction of sp³-hybridized carbons (Fsp3) is 0.750. The van der Waals surface area contributed by atoms with Crippen molar-refractivity contribution in [3.8, 4) is 0 Å². The molecule has 4 heteroatoms. The van der Waals surface area contributed by atoms with Gasteiger partial charge in [0, 0.05) is 29.6 Å². The second-order valence-corrected chi connectivity index (χ2v) is 4.08. The van der Waals surface area contributed by atoms with Crippen LogP contribution in [0.4, 0.5) is 0 Å². The molecule has 0 saturated carbocycles. The van der Waals surface area contributed by atoms with Gasteiger partial charge in [0.1, 0.15) is 0 Å². The van der Waals surface area contributed by atoms with Gasteiger partial charge in [0.2, 0.25) is 0 Å². The number of hydrogen-bond donors (Lipinski definition) is 3. The molecule has 5 N–H and O–H groups in total. The van der Waals surface area contributed by atoms with E-state index in [1.807, 2.05) is 7.05 Å². The van der Waals surface area contributed by atoms with Gasteiger partial charge in [-0.1, -0.05) is 0 Å². The maximum Gasteiger partial charge on any atom is 0.0438 e. The molecule has 0 saturated heterocycles. The molecule has 0 spiro atoms. The van der Waals surface area contributed by atoms with Crippen molar-refractivity contribution in [2.24, 2.45) is 11.5 Å². The molecule has 1 rings (SSSR count). The third-order valence-corrected chi connectivity index (χ3v) is 3.04. The third-order valence-electron chi connectivity index (χ3n) is 2.11. The molecule has 1 aliphatic rings. The van der Waals surface area contributed by atoms with Crippen LogP contribution in [0.2, 0.25) is 0 Å². The number of thioether (sulfide) groups is 1. The van der Waals surface area contributed by atoms with Crippen molar-refractivity contribution < 1.29 is 0 Å². The molecule has 0 aromatic heterocycles. The van der Waals surface area contributed by atoms with Crippen molar-refractivity contribution in [3.05, 3.63) is 10.6 Å². The van der Waals surface area contributed by atoms with Crippen LogP contribution in [0, 0.1) is 0 Å². The molecule has 1 atom stereocenters. The van der Waals surface area contributed by atoms with E-state index in [0.29, 0.717) is 11.9 Å². The average molecular weight is 187 g/mol. The molecule has 0 aromatic carbocycles. The summed E-state index contributed by atoms with van der Waals surface area (Å²) in [7, 11) is 1.96. The fourth-order valence-electron chi connectivity index (χ4n) is 1.44. The maximum absolute atomic E-state index is 5.86. The van der Waals surface area contributed by atoms with Crippen LogP contribution in [0.5, 0.6) is 0 Å². The predicted octanol–water partition coefficient (Wildman–Crippen LogP) is 0.578. The van der Waals surface area contributed by atoms with Gasteiger partial charge in [0.25, 0.3) is 0 Å². The van der Waals surface area contributed by atoms with E-state index in [2.05, 4.69) is 5.32 Å². The van der Waals surface area contributed by atoms with Crippen LogP contribution in [-0.2, 0) is 0 Å². The van der Waals surface area contributed by atoms with E-state index in [-0.39, 0.29) is 0 Å². The lowest BCUT2D eigenvalue weighted by Crippen LogP contribution is -2.27. The standard InChI is InChI=1S/C8H17N3S/c1-11-7-3-2-6(10)4-8(7)12-5-9/h6,11H,2-5,9-10H2,1H3/t6-/m0/s1. The van der Waals surface area contributed by atoms with Crippen LogP contribution in [0.3, 0.4) is 0 Å². The normalized spacial score (nSPS) is 24.4. The highest BCUT2D eigenvalue weighted by atomic mass is 32.2. The van der Waals surface area contributed by atoms with Gasteiger partial charge in [0.15, 0.2) is 0 Å². The summed E-state index contributed by atoms with van der Waals surface area (Å²) in [4.78, 5) is 1.35. The second-order valence-electron chi connectivity index (χ2n) is 2.97. The van der Waals surface area contributed by atoms with Crippen LogP contribution in [0.15, 0.2) is 10.6 Å². The van der Waals surface area contributed by atoms with E-state index in [1.54, 1.807) is 11.8 Å². The molecular formula is C8H17N3S. The van der Waals surface area contributed by atoms with Crippen molar-refractivity contribution in [2.45, 2.75) is 25.3 Å². The van der Waals surface area contributed by atoms with E-state index in [4.69, 9.17) is 11.5 Å². The zero-order valence-corrected chi connectivity index (χ0v) is 8.29. The highest BCUT2D eigenvalue weighted by molar-refractivity contribution is 8.03. The Balaban J connectivity index is 2.63. The topological polar surface area (TPSA) is 64.1 Å². The predicted molar refractivity (Wildman–Crippen MR) is 54.6 cm³/mol. The van der Waals surface area contributed by atoms with Gasteiger partial charge in [0.05, 0.1) is 0 Å². The fourth-order valence-corrected chi connectivity index (χ4v) is 2.36. The zero-order chi connectivity index (χ0) is 8.97. The summed E-state index contributed by atoms with van der Waals surface area (Å²) >= 11 is 1.70. The first kappa shape index (κ1) is 9.89. The van der Waals surface area contributed by atoms with Gasteiger partial charge in [-0.05, 0) is 19.3 Å². The van der Waals surface area contributed by atoms with Crippen molar-refractivity contribution in [1.82, 2.24) is 5.32 Å². The molecule has 1 aliphatic carbocycles. The van der Waals surface area contributed by atoms with Gasteiger partial charge in [-0.2, -0.15) is 0 Å². The van der Waals surface area contributed by atoms with E-state index in [1.165, 1.54) is 10.6 Å². The van der Waals surface area contributed by atoms with Gasteiger partial charge >= 0.3 is 0 Å². The molecule has 0 radical (unpaired) electrons. The molecular weight excluding hydrogens is 170 g/mol. The molecule has 0 heterocycles. The van der Waals surface area contributed by atoms with Crippen LogP contribution < -0.4 is 16.8 Å². The zero-order valence-electron chi connectivity index (χ0n) is 7.47. The number of hydrogen-bond acceptors (Lipinski definition) is 4. The van der Waals surface area contributed by atoms with E-state index in [0.717, 1.165) is 19.3 Å². The molecule has 0 unspecified atom stereocenters. The minimum absolute atomic E-state index is 0.330. The Morgan fingerprint density at radius 1 is 1.67 bits per heavy atom. The molecule has 12 heavy (non-hydrogen) atoms. The summed E-state index contributed by atoms with van der Waals surface area (Å²) in [6.07, 6.45) is 3.14. The first-order valence-electron chi connectivity index (χ1n) is 4.26. The SMILES string of the molecule is CNC1=C(SCN)C[C@@H](N)CC1. The van der Waals surface area contributed by atoms with Crippen LogP contribution >= 0.6 is 11.8 Å². The number of rotatable bonds is 3. The lowest BCUT2D eigenvalue weighted by Gasteiger charge is -2.23. The summed E-state index contributed by atoms with van der Waals surface area (Å²) in [5.41, 5.74) is 12.7. The highest BCUT2D eigenvalue weighted by Gasteiger charge is 2.17. The summed E-state index contributed by atoms with van der Waals surface area (Å²) in [6, 6.07) is 0.330. The van der Waals surface area contributed by atoms with E-state index >= 15 is 0 Å². The minimum atomic E-state index is 0.330. The molecule has 70 valence electrons. The molecule has 0 bridgehead atoms. The first-order valence-corrected chi connectivity index (χ1v) is 5.24. The smallest absolute Gasteiger partial charge is 0.0438 e. The number of allylic oxidation sites excluding steroid dienone is 1. The molecule has 0 fully saturated rings. The quantitative estimate of drug-likeness (QED) is 0.565. The number of nitrogens with one attached hydrogen (secondary N) is 1. The average Bonchev–Trinajstić information content (AvgIpc) is 2.05.